The largest absolute Gasteiger partial charge is 0.381 e. The molecule has 1 rings (SSSR count). The minimum Gasteiger partial charge on any atom is -0.381 e. The van der Waals surface area contributed by atoms with Crippen molar-refractivity contribution >= 4 is 0 Å². The van der Waals surface area contributed by atoms with Gasteiger partial charge in [0.15, 0.2) is 0 Å². The summed E-state index contributed by atoms with van der Waals surface area (Å²) in [5.41, 5.74) is 5.87. The third kappa shape index (κ3) is 1.96. The normalized spacial score (nSPS) is 30.0. The highest BCUT2D eigenvalue weighted by Crippen LogP contribution is 2.17. The van der Waals surface area contributed by atoms with E-state index in [1.165, 1.54) is 12.8 Å². The van der Waals surface area contributed by atoms with E-state index in [9.17, 15) is 0 Å². The van der Waals surface area contributed by atoms with E-state index in [2.05, 4.69) is 6.92 Å². The van der Waals surface area contributed by atoms with Crippen LogP contribution in [0.4, 0.5) is 0 Å². The van der Waals surface area contributed by atoms with Crippen LogP contribution in [0, 0.1) is 5.92 Å². The molecule has 1 heterocycles. The Balaban J connectivity index is 2.24. The molecule has 10 heavy (non-hydrogen) atoms. The van der Waals surface area contributed by atoms with Crippen LogP contribution >= 0.6 is 0 Å². The highest BCUT2D eigenvalue weighted by Gasteiger charge is 2.18. The minimum absolute atomic E-state index is 0.361. The van der Waals surface area contributed by atoms with Crippen molar-refractivity contribution in [2.45, 2.75) is 32.2 Å². The van der Waals surface area contributed by atoms with Gasteiger partial charge in [-0.1, -0.05) is 6.92 Å². The van der Waals surface area contributed by atoms with Gasteiger partial charge in [0.2, 0.25) is 0 Å². The van der Waals surface area contributed by atoms with Gasteiger partial charge in [-0.15, -0.1) is 0 Å². The molecule has 0 saturated carbocycles. The van der Waals surface area contributed by atoms with Crippen LogP contribution in [0.2, 0.25) is 0 Å². The molecule has 0 spiro atoms. The maximum absolute atomic E-state index is 5.87. The lowest BCUT2D eigenvalue weighted by atomic mass is 9.93. The first kappa shape index (κ1) is 8.02. The molecule has 1 fully saturated rings. The summed E-state index contributed by atoms with van der Waals surface area (Å²) in [5, 5.41) is 0. The number of ether oxygens (including phenoxy) is 1. The topological polar surface area (TPSA) is 35.2 Å². The Morgan fingerprint density at radius 2 is 2.50 bits per heavy atom. The quantitative estimate of drug-likeness (QED) is 0.629. The van der Waals surface area contributed by atoms with E-state index in [-0.39, 0.29) is 0 Å². The molecule has 0 bridgehead atoms. The maximum Gasteiger partial charge on any atom is 0.0509 e. The van der Waals surface area contributed by atoms with Crippen LogP contribution in [-0.4, -0.2) is 19.3 Å². The molecule has 0 amide bonds. The van der Waals surface area contributed by atoms with Crippen molar-refractivity contribution in [2.24, 2.45) is 11.7 Å². The van der Waals surface area contributed by atoms with E-state index in [0.29, 0.717) is 12.0 Å². The van der Waals surface area contributed by atoms with Gasteiger partial charge in [0.1, 0.15) is 0 Å². The van der Waals surface area contributed by atoms with E-state index in [1.807, 2.05) is 0 Å². The molecule has 1 saturated heterocycles. The Morgan fingerprint density at radius 3 is 3.00 bits per heavy atom. The van der Waals surface area contributed by atoms with E-state index < -0.39 is 0 Å². The zero-order valence-corrected chi connectivity index (χ0v) is 6.68. The van der Waals surface area contributed by atoms with Crippen LogP contribution in [0.5, 0.6) is 0 Å². The minimum atomic E-state index is 0.361. The van der Waals surface area contributed by atoms with Gasteiger partial charge < -0.3 is 10.5 Å². The first-order chi connectivity index (χ1) is 4.84. The fraction of sp³-hybridized carbons (Fsp3) is 1.00. The second-order valence-electron chi connectivity index (χ2n) is 3.05. The molecule has 1 aliphatic heterocycles. The summed E-state index contributed by atoms with van der Waals surface area (Å²) in [6.45, 7) is 3.96. The fourth-order valence-electron chi connectivity index (χ4n) is 1.44. The second-order valence-corrected chi connectivity index (χ2v) is 3.05. The molecule has 0 aliphatic carbocycles. The molecule has 2 N–H and O–H groups in total. The van der Waals surface area contributed by atoms with Crippen molar-refractivity contribution in [3.05, 3.63) is 0 Å². The molecule has 1 aliphatic rings. The first-order valence-electron chi connectivity index (χ1n) is 4.18. The summed E-state index contributed by atoms with van der Waals surface area (Å²) in [6.07, 6.45) is 3.53. The lowest BCUT2D eigenvalue weighted by molar-refractivity contribution is 0.0445. The predicted molar refractivity (Wildman–Crippen MR) is 41.8 cm³/mol. The van der Waals surface area contributed by atoms with E-state index in [0.717, 1.165) is 19.6 Å². The Bertz CT molecular complexity index is 89.3. The summed E-state index contributed by atoms with van der Waals surface area (Å²) < 4.78 is 5.33. The van der Waals surface area contributed by atoms with Gasteiger partial charge in [0, 0.05) is 12.6 Å². The van der Waals surface area contributed by atoms with Crippen LogP contribution in [0.3, 0.4) is 0 Å². The third-order valence-electron chi connectivity index (χ3n) is 2.27. The lowest BCUT2D eigenvalue weighted by Crippen LogP contribution is -2.35. The average molecular weight is 143 g/mol. The van der Waals surface area contributed by atoms with Gasteiger partial charge in [-0.25, -0.2) is 0 Å². The average Bonchev–Trinajstić information content (AvgIpc) is 2.05. The van der Waals surface area contributed by atoms with E-state index in [1.54, 1.807) is 0 Å². The number of nitrogens with two attached hydrogens (primary N) is 1. The molecule has 2 heteroatoms. The monoisotopic (exact) mass is 143 g/mol. The Kier molecular flexibility index (Phi) is 3.16. The second kappa shape index (κ2) is 3.94. The van der Waals surface area contributed by atoms with E-state index in [4.69, 9.17) is 10.5 Å². The standard InChI is InChI=1S/C8H17NO/c1-2-8(9)7-4-3-5-10-6-7/h7-8H,2-6,9H2,1H3/t7?,8-/m0/s1. The van der Waals surface area contributed by atoms with Gasteiger partial charge in [-0.3, -0.25) is 0 Å². The predicted octanol–water partition coefficient (Wildman–Crippen LogP) is 1.15. The van der Waals surface area contributed by atoms with Crippen LogP contribution < -0.4 is 5.73 Å². The van der Waals surface area contributed by atoms with Gasteiger partial charge >= 0.3 is 0 Å². The first-order valence-corrected chi connectivity index (χ1v) is 4.18. The van der Waals surface area contributed by atoms with Crippen LogP contribution in [0.15, 0.2) is 0 Å². The Labute approximate surface area is 62.7 Å². The van der Waals surface area contributed by atoms with Gasteiger partial charge in [0.05, 0.1) is 6.61 Å². The number of hydrogen-bond donors (Lipinski definition) is 1. The molecule has 1 unspecified atom stereocenters. The van der Waals surface area contributed by atoms with Crippen molar-refractivity contribution in [1.82, 2.24) is 0 Å². The molecule has 0 aromatic heterocycles. The van der Waals surface area contributed by atoms with Crippen molar-refractivity contribution in [3.63, 3.8) is 0 Å². The molecule has 0 radical (unpaired) electrons. The molecule has 0 aromatic rings. The van der Waals surface area contributed by atoms with Crippen molar-refractivity contribution < 1.29 is 4.74 Å². The van der Waals surface area contributed by atoms with Crippen molar-refractivity contribution in [3.8, 4) is 0 Å². The Morgan fingerprint density at radius 1 is 1.70 bits per heavy atom. The van der Waals surface area contributed by atoms with Crippen molar-refractivity contribution in [2.75, 3.05) is 13.2 Å². The molecular formula is C8H17NO. The summed E-state index contributed by atoms with van der Waals surface area (Å²) in [6, 6.07) is 0.361. The number of hydrogen-bond acceptors (Lipinski definition) is 2. The highest BCUT2D eigenvalue weighted by atomic mass is 16.5. The fourth-order valence-corrected chi connectivity index (χ4v) is 1.44. The Hall–Kier alpha value is -0.0800. The molecular weight excluding hydrogens is 126 g/mol. The summed E-state index contributed by atoms with van der Waals surface area (Å²) >= 11 is 0. The van der Waals surface area contributed by atoms with Crippen molar-refractivity contribution in [1.29, 1.82) is 0 Å². The van der Waals surface area contributed by atoms with Gasteiger partial charge in [-0.2, -0.15) is 0 Å². The molecule has 2 nitrogen and oxygen atoms in total. The van der Waals surface area contributed by atoms with Crippen LogP contribution in [0.1, 0.15) is 26.2 Å². The molecule has 0 aromatic carbocycles. The molecule has 2 atom stereocenters. The van der Waals surface area contributed by atoms with Gasteiger partial charge in [-0.05, 0) is 25.2 Å². The highest BCUT2D eigenvalue weighted by molar-refractivity contribution is 4.73. The molecule has 60 valence electrons. The maximum atomic E-state index is 5.87. The summed E-state index contributed by atoms with van der Waals surface area (Å²) in [4.78, 5) is 0. The zero-order chi connectivity index (χ0) is 7.40. The zero-order valence-electron chi connectivity index (χ0n) is 6.68. The van der Waals surface area contributed by atoms with Crippen LogP contribution in [0.25, 0.3) is 0 Å². The van der Waals surface area contributed by atoms with E-state index >= 15 is 0 Å². The summed E-state index contributed by atoms with van der Waals surface area (Å²) in [7, 11) is 0. The lowest BCUT2D eigenvalue weighted by Gasteiger charge is -2.26. The smallest absolute Gasteiger partial charge is 0.0509 e. The third-order valence-corrected chi connectivity index (χ3v) is 2.27. The van der Waals surface area contributed by atoms with Crippen LogP contribution in [-0.2, 0) is 4.74 Å². The van der Waals surface area contributed by atoms with Gasteiger partial charge in [0.25, 0.3) is 0 Å². The summed E-state index contributed by atoms with van der Waals surface area (Å²) in [5.74, 6) is 0.624. The number of rotatable bonds is 2. The SMILES string of the molecule is CC[C@H](N)C1CCCOC1.